The first kappa shape index (κ1) is 30.9. The Bertz CT molecular complexity index is 1840. The Morgan fingerprint density at radius 2 is 1.53 bits per heavy atom. The molecule has 0 aliphatic heterocycles. The smallest absolute Gasteiger partial charge is 0.294 e. The highest BCUT2D eigenvalue weighted by Gasteiger charge is 2.18. The number of nitrogens with zero attached hydrogens (tertiary/aromatic N) is 6. The number of azo groups is 2. The van der Waals surface area contributed by atoms with Crippen LogP contribution in [0.15, 0.2) is 92.1 Å². The van der Waals surface area contributed by atoms with Gasteiger partial charge in [0.1, 0.15) is 17.6 Å². The minimum absolute atomic E-state index is 0.120. The molecule has 4 N–H and O–H groups in total. The highest BCUT2D eigenvalue weighted by atomic mass is 32.2. The number of benzene rings is 3. The molecule has 4 rings (SSSR count). The topological polar surface area (TPSA) is 185 Å². The number of hydrogen-bond donors (Lipinski definition) is 4. The summed E-state index contributed by atoms with van der Waals surface area (Å²) in [6.45, 7) is 6.01. The fourth-order valence-electron chi connectivity index (χ4n) is 4.08. The normalized spacial score (nSPS) is 11.6. The lowest BCUT2D eigenvalue weighted by atomic mass is 10.1. The van der Waals surface area contributed by atoms with Crippen LogP contribution in [-0.4, -0.2) is 36.2 Å². The summed E-state index contributed by atoms with van der Waals surface area (Å²) in [4.78, 5) is 4.34. The molecule has 0 aliphatic rings. The van der Waals surface area contributed by atoms with Gasteiger partial charge >= 0.3 is 0 Å². The van der Waals surface area contributed by atoms with E-state index in [9.17, 15) is 23.3 Å². The molecule has 0 fully saturated rings. The van der Waals surface area contributed by atoms with Gasteiger partial charge in [-0.1, -0.05) is 36.4 Å². The van der Waals surface area contributed by atoms with E-state index in [-0.39, 0.29) is 23.7 Å². The lowest BCUT2D eigenvalue weighted by Crippen LogP contribution is -2.11. The zero-order valence-electron chi connectivity index (χ0n) is 23.8. The van der Waals surface area contributed by atoms with Gasteiger partial charge < -0.3 is 15.7 Å². The highest BCUT2D eigenvalue weighted by molar-refractivity contribution is 7.85. The molecule has 4 aromatic rings. The molecule has 1 aromatic heterocycles. The molecule has 0 bridgehead atoms. The van der Waals surface area contributed by atoms with Crippen LogP contribution in [0.25, 0.3) is 0 Å². The molecule has 0 atom stereocenters. The third-order valence-electron chi connectivity index (χ3n) is 6.39. The van der Waals surface area contributed by atoms with Crippen molar-refractivity contribution in [1.29, 1.82) is 5.26 Å². The fourth-order valence-corrected chi connectivity index (χ4v) is 4.60. The number of nitriles is 1. The average molecular weight is 599 g/mol. The summed E-state index contributed by atoms with van der Waals surface area (Å²) in [7, 11) is -4.36. The van der Waals surface area contributed by atoms with Crippen molar-refractivity contribution in [2.75, 3.05) is 23.8 Å². The average Bonchev–Trinajstić information content (AvgIpc) is 2.99. The predicted molar refractivity (Wildman–Crippen MR) is 164 cm³/mol. The number of aromatic nitrogens is 1. The first-order valence-corrected chi connectivity index (χ1v) is 14.6. The fraction of sp³-hybridized carbons (Fsp3) is 0.200. The molecule has 0 saturated heterocycles. The van der Waals surface area contributed by atoms with Crippen molar-refractivity contribution in [3.8, 4) is 6.07 Å². The Kier molecular flexibility index (Phi) is 9.89. The Morgan fingerprint density at radius 1 is 0.860 bits per heavy atom. The molecule has 0 amide bonds. The summed E-state index contributed by atoms with van der Waals surface area (Å²) >= 11 is 0. The van der Waals surface area contributed by atoms with Gasteiger partial charge in [-0.05, 0) is 67.8 Å². The molecular weight excluding hydrogens is 568 g/mol. The number of hydrogen-bond acceptors (Lipinski definition) is 11. The van der Waals surface area contributed by atoms with Crippen molar-refractivity contribution >= 4 is 44.5 Å². The van der Waals surface area contributed by atoms with Gasteiger partial charge in [-0.3, -0.25) is 4.55 Å². The molecule has 3 aromatic carbocycles. The maximum Gasteiger partial charge on any atom is 0.294 e. The van der Waals surface area contributed by atoms with Gasteiger partial charge in [0.15, 0.2) is 5.82 Å². The van der Waals surface area contributed by atoms with Crippen molar-refractivity contribution in [1.82, 2.24) is 4.98 Å². The number of aliphatic hydroxyl groups excluding tert-OH is 1. The lowest BCUT2D eigenvalue weighted by molar-refractivity contribution is 0.311. The van der Waals surface area contributed by atoms with E-state index in [1.165, 1.54) is 18.2 Å². The number of rotatable bonds is 11. The van der Waals surface area contributed by atoms with Crippen LogP contribution < -0.4 is 10.6 Å². The number of pyridine rings is 1. The summed E-state index contributed by atoms with van der Waals surface area (Å²) in [6.07, 6.45) is 0. The first-order valence-electron chi connectivity index (χ1n) is 13.2. The van der Waals surface area contributed by atoms with Crippen LogP contribution in [0, 0.1) is 32.1 Å². The minimum atomic E-state index is -4.36. The largest absolute Gasteiger partial charge is 0.395 e. The molecule has 43 heavy (non-hydrogen) atoms. The standard InChI is InChI=1S/C30H30N8O4S/c1-19-15-27(20(2)14-26(19)36-35-23-10-7-11-24(16-23)43(40,41)42)37-38-28-21(3)25(17-31)29(32-12-13-39)34-30(28)33-18-22-8-5-4-6-9-22/h4-11,14-16,39H,12-13,18H2,1-3H3,(H2,32,33,34)(H,40,41,42). The van der Waals surface area contributed by atoms with E-state index in [2.05, 4.69) is 42.1 Å². The van der Waals surface area contributed by atoms with Crippen LogP contribution in [0.4, 0.5) is 34.4 Å². The lowest BCUT2D eigenvalue weighted by Gasteiger charge is -2.15. The number of anilines is 2. The Morgan fingerprint density at radius 3 is 2.16 bits per heavy atom. The molecule has 220 valence electrons. The van der Waals surface area contributed by atoms with Gasteiger partial charge in [-0.2, -0.15) is 29.0 Å². The molecule has 1 heterocycles. The zero-order chi connectivity index (χ0) is 31.0. The predicted octanol–water partition coefficient (Wildman–Crippen LogP) is 6.97. The summed E-state index contributed by atoms with van der Waals surface area (Å²) < 4.78 is 32.1. The third kappa shape index (κ3) is 7.83. The SMILES string of the molecule is Cc1cc(N=Nc2c(NCc3ccccc3)nc(NCCO)c(C#N)c2C)c(C)cc1N=Nc1cccc(S(=O)(=O)O)c1. The van der Waals surface area contributed by atoms with Crippen LogP contribution in [0.1, 0.15) is 27.8 Å². The second-order valence-corrected chi connectivity index (χ2v) is 11.0. The van der Waals surface area contributed by atoms with E-state index in [0.29, 0.717) is 46.4 Å². The van der Waals surface area contributed by atoms with E-state index in [4.69, 9.17) is 0 Å². The second kappa shape index (κ2) is 13.8. The maximum atomic E-state index is 11.4. The highest BCUT2D eigenvalue weighted by Crippen LogP contribution is 2.36. The van der Waals surface area contributed by atoms with Crippen LogP contribution in [0.2, 0.25) is 0 Å². The van der Waals surface area contributed by atoms with Gasteiger partial charge in [0.25, 0.3) is 10.1 Å². The summed E-state index contributed by atoms with van der Waals surface area (Å²) in [5, 5.41) is 42.8. The van der Waals surface area contributed by atoms with Gasteiger partial charge in [-0.25, -0.2) is 4.98 Å². The van der Waals surface area contributed by atoms with E-state index in [1.54, 1.807) is 25.1 Å². The van der Waals surface area contributed by atoms with Crippen molar-refractivity contribution in [3.05, 3.63) is 94.5 Å². The molecule has 13 heteroatoms. The molecule has 0 unspecified atom stereocenters. The van der Waals surface area contributed by atoms with Crippen molar-refractivity contribution in [3.63, 3.8) is 0 Å². The molecule has 0 radical (unpaired) electrons. The van der Waals surface area contributed by atoms with E-state index < -0.39 is 10.1 Å². The van der Waals surface area contributed by atoms with Crippen LogP contribution in [0.3, 0.4) is 0 Å². The van der Waals surface area contributed by atoms with Gasteiger partial charge in [-0.15, -0.1) is 5.11 Å². The Balaban J connectivity index is 1.67. The quantitative estimate of drug-likeness (QED) is 0.105. The van der Waals surface area contributed by atoms with Gasteiger partial charge in [0, 0.05) is 18.7 Å². The van der Waals surface area contributed by atoms with Crippen LogP contribution in [0.5, 0.6) is 0 Å². The molecule has 0 aliphatic carbocycles. The number of aryl methyl sites for hydroxylation is 2. The van der Waals surface area contributed by atoms with Crippen LogP contribution in [-0.2, 0) is 16.7 Å². The molecule has 0 spiro atoms. The molecular formula is C30H30N8O4S. The monoisotopic (exact) mass is 598 g/mol. The molecule has 0 saturated carbocycles. The van der Waals surface area contributed by atoms with Gasteiger partial charge in [0.05, 0.1) is 34.1 Å². The van der Waals surface area contributed by atoms with Crippen LogP contribution >= 0.6 is 0 Å². The summed E-state index contributed by atoms with van der Waals surface area (Å²) in [5.74, 6) is 0.767. The summed E-state index contributed by atoms with van der Waals surface area (Å²) in [5.41, 5.74) is 5.18. The zero-order valence-corrected chi connectivity index (χ0v) is 24.6. The third-order valence-corrected chi connectivity index (χ3v) is 7.24. The van der Waals surface area contributed by atoms with E-state index in [1.807, 2.05) is 44.2 Å². The number of nitrogens with one attached hydrogen (secondary N) is 2. The second-order valence-electron chi connectivity index (χ2n) is 9.56. The molecule has 12 nitrogen and oxygen atoms in total. The minimum Gasteiger partial charge on any atom is -0.395 e. The van der Waals surface area contributed by atoms with Crippen molar-refractivity contribution in [2.45, 2.75) is 32.2 Å². The van der Waals surface area contributed by atoms with E-state index in [0.717, 1.165) is 16.7 Å². The Labute approximate surface area is 249 Å². The number of aliphatic hydroxyl groups is 1. The maximum absolute atomic E-state index is 11.4. The van der Waals surface area contributed by atoms with Crippen molar-refractivity contribution < 1.29 is 18.1 Å². The van der Waals surface area contributed by atoms with E-state index >= 15 is 0 Å². The van der Waals surface area contributed by atoms with Crippen molar-refractivity contribution in [2.24, 2.45) is 20.5 Å². The summed E-state index contributed by atoms with van der Waals surface area (Å²) in [6, 6.07) is 21.0. The Hall–Kier alpha value is -5.03. The first-order chi connectivity index (χ1) is 20.6. The van der Waals surface area contributed by atoms with Gasteiger partial charge in [0.2, 0.25) is 0 Å².